The summed E-state index contributed by atoms with van der Waals surface area (Å²) in [5, 5.41) is 0. The Morgan fingerprint density at radius 3 is 1.60 bits per heavy atom. The van der Waals surface area contributed by atoms with Gasteiger partial charge in [0, 0.05) is 19.0 Å². The van der Waals surface area contributed by atoms with Crippen molar-refractivity contribution < 1.29 is 16.8 Å². The second-order valence-corrected chi connectivity index (χ2v) is 14.1. The van der Waals surface area contributed by atoms with Crippen molar-refractivity contribution in [3.63, 3.8) is 0 Å². The highest BCUT2D eigenvalue weighted by atomic mass is 32.2. The minimum Gasteiger partial charge on any atom is -0.207 e. The van der Waals surface area contributed by atoms with E-state index in [4.69, 9.17) is 0 Å². The van der Waals surface area contributed by atoms with Gasteiger partial charge in [-0.05, 0) is 60.4 Å². The topological polar surface area (TPSA) is 74.8 Å². The molecule has 4 aromatic carbocycles. The summed E-state index contributed by atoms with van der Waals surface area (Å²) in [4.78, 5) is 0.253. The van der Waals surface area contributed by atoms with Gasteiger partial charge in [-0.1, -0.05) is 96.6 Å². The molecular formula is C32H32N2O4S2. The Bertz CT molecular complexity index is 1650. The van der Waals surface area contributed by atoms with E-state index in [2.05, 4.69) is 6.58 Å². The Hall–Kier alpha value is -3.56. The van der Waals surface area contributed by atoms with E-state index in [-0.39, 0.29) is 29.5 Å². The Morgan fingerprint density at radius 2 is 1.10 bits per heavy atom. The lowest BCUT2D eigenvalue weighted by Crippen LogP contribution is -2.53. The van der Waals surface area contributed by atoms with Crippen LogP contribution in [0.15, 0.2) is 119 Å². The van der Waals surface area contributed by atoms with Crippen LogP contribution < -0.4 is 0 Å². The van der Waals surface area contributed by atoms with Crippen molar-refractivity contribution in [2.45, 2.75) is 23.6 Å². The van der Waals surface area contributed by atoms with Gasteiger partial charge in [0.1, 0.15) is 0 Å². The molecule has 40 heavy (non-hydrogen) atoms. The first-order valence-corrected chi connectivity index (χ1v) is 15.9. The molecule has 206 valence electrons. The van der Waals surface area contributed by atoms with E-state index in [9.17, 15) is 16.8 Å². The van der Waals surface area contributed by atoms with Crippen molar-refractivity contribution in [2.24, 2.45) is 5.92 Å². The molecule has 0 amide bonds. The minimum absolute atomic E-state index is 0.109. The molecule has 8 heteroatoms. The van der Waals surface area contributed by atoms with E-state index >= 15 is 0 Å². The van der Waals surface area contributed by atoms with Crippen LogP contribution in [0.3, 0.4) is 0 Å². The van der Waals surface area contributed by atoms with Crippen LogP contribution in [0.4, 0.5) is 0 Å². The SMILES string of the molecule is C=C(c1ccccc1-c1ccccc1)C1CN(S(=O)(=O)c2ccc(C)cc2)CN(S(=O)(=O)c2ccc(C)cc2)C1. The summed E-state index contributed by atoms with van der Waals surface area (Å²) >= 11 is 0. The third-order valence-corrected chi connectivity index (χ3v) is 11.0. The fraction of sp³-hybridized carbons (Fsp3) is 0.188. The van der Waals surface area contributed by atoms with Crippen molar-refractivity contribution in [3.8, 4) is 11.1 Å². The molecule has 0 spiro atoms. The molecule has 0 bridgehead atoms. The summed E-state index contributed by atoms with van der Waals surface area (Å²) < 4.78 is 57.8. The maximum atomic E-state index is 13.8. The van der Waals surface area contributed by atoms with E-state index in [1.807, 2.05) is 68.4 Å². The van der Waals surface area contributed by atoms with E-state index in [1.165, 1.54) is 8.61 Å². The van der Waals surface area contributed by atoms with Crippen molar-refractivity contribution in [3.05, 3.63) is 126 Å². The Kier molecular flexibility index (Phi) is 7.79. The van der Waals surface area contributed by atoms with Crippen LogP contribution in [0.1, 0.15) is 16.7 Å². The first kappa shape index (κ1) is 28.0. The molecule has 1 heterocycles. The third kappa shape index (κ3) is 5.53. The molecule has 1 aliphatic heterocycles. The Labute approximate surface area is 237 Å². The van der Waals surface area contributed by atoms with Crippen LogP contribution in [0.5, 0.6) is 0 Å². The maximum Gasteiger partial charge on any atom is 0.244 e. The highest BCUT2D eigenvalue weighted by molar-refractivity contribution is 7.90. The van der Waals surface area contributed by atoms with Crippen LogP contribution in [-0.4, -0.2) is 45.2 Å². The number of benzene rings is 4. The number of hydrogen-bond acceptors (Lipinski definition) is 4. The quantitative estimate of drug-likeness (QED) is 0.274. The summed E-state index contributed by atoms with van der Waals surface area (Å²) in [5.74, 6) is -0.473. The van der Waals surface area contributed by atoms with Gasteiger partial charge in [0.2, 0.25) is 20.0 Å². The minimum atomic E-state index is -3.99. The zero-order chi connectivity index (χ0) is 28.5. The number of nitrogens with zero attached hydrogens (tertiary/aromatic N) is 2. The van der Waals surface area contributed by atoms with Gasteiger partial charge in [-0.2, -0.15) is 8.61 Å². The second-order valence-electron chi connectivity index (χ2n) is 10.2. The molecule has 0 N–H and O–H groups in total. The average Bonchev–Trinajstić information content (AvgIpc) is 2.97. The van der Waals surface area contributed by atoms with E-state index in [0.29, 0.717) is 5.57 Å². The molecule has 5 rings (SSSR count). The number of aryl methyl sites for hydroxylation is 2. The van der Waals surface area contributed by atoms with Crippen molar-refractivity contribution in [1.82, 2.24) is 8.61 Å². The zero-order valence-corrected chi connectivity index (χ0v) is 24.2. The number of hydrogen-bond donors (Lipinski definition) is 0. The van der Waals surface area contributed by atoms with Crippen molar-refractivity contribution in [2.75, 3.05) is 19.8 Å². The average molecular weight is 573 g/mol. The summed E-state index contributed by atoms with van der Waals surface area (Å²) in [6.45, 7) is 8.10. The van der Waals surface area contributed by atoms with Crippen LogP contribution in [0, 0.1) is 19.8 Å². The molecule has 1 saturated heterocycles. The molecule has 0 saturated carbocycles. The van der Waals surface area contributed by atoms with Gasteiger partial charge < -0.3 is 0 Å². The van der Waals surface area contributed by atoms with Gasteiger partial charge in [-0.25, -0.2) is 16.8 Å². The van der Waals surface area contributed by atoms with Crippen LogP contribution in [0.2, 0.25) is 0 Å². The molecule has 4 aromatic rings. The van der Waals surface area contributed by atoms with E-state index < -0.39 is 26.0 Å². The first-order valence-electron chi connectivity index (χ1n) is 13.0. The highest BCUT2D eigenvalue weighted by Crippen LogP contribution is 2.36. The molecule has 0 aliphatic carbocycles. The van der Waals surface area contributed by atoms with Gasteiger partial charge >= 0.3 is 0 Å². The lowest BCUT2D eigenvalue weighted by Gasteiger charge is -2.39. The molecule has 0 atom stereocenters. The van der Waals surface area contributed by atoms with Crippen molar-refractivity contribution >= 4 is 25.6 Å². The highest BCUT2D eigenvalue weighted by Gasteiger charge is 2.40. The van der Waals surface area contributed by atoms with Crippen LogP contribution in [0.25, 0.3) is 16.7 Å². The lowest BCUT2D eigenvalue weighted by atomic mass is 9.87. The van der Waals surface area contributed by atoms with Gasteiger partial charge in [0.25, 0.3) is 0 Å². The van der Waals surface area contributed by atoms with Crippen LogP contribution >= 0.6 is 0 Å². The van der Waals surface area contributed by atoms with Gasteiger partial charge in [-0.15, -0.1) is 0 Å². The molecule has 0 aromatic heterocycles. The monoisotopic (exact) mass is 572 g/mol. The smallest absolute Gasteiger partial charge is 0.207 e. The van der Waals surface area contributed by atoms with Crippen molar-refractivity contribution in [1.29, 1.82) is 0 Å². The normalized spacial score (nSPS) is 15.7. The lowest BCUT2D eigenvalue weighted by molar-refractivity contribution is 0.201. The number of sulfonamides is 2. The molecule has 1 fully saturated rings. The van der Waals surface area contributed by atoms with Gasteiger partial charge in [-0.3, -0.25) is 0 Å². The maximum absolute atomic E-state index is 13.8. The summed E-state index contributed by atoms with van der Waals surface area (Å²) in [7, 11) is -7.97. The predicted octanol–water partition coefficient (Wildman–Crippen LogP) is 5.95. The first-order chi connectivity index (χ1) is 19.1. The molecule has 0 unspecified atom stereocenters. The number of rotatable bonds is 7. The molecule has 6 nitrogen and oxygen atoms in total. The van der Waals surface area contributed by atoms with Crippen LogP contribution in [-0.2, 0) is 20.0 Å². The largest absolute Gasteiger partial charge is 0.244 e. The summed E-state index contributed by atoms with van der Waals surface area (Å²) in [5.41, 5.74) is 5.38. The van der Waals surface area contributed by atoms with Gasteiger partial charge in [0.15, 0.2) is 0 Å². The van der Waals surface area contributed by atoms with Gasteiger partial charge in [0.05, 0.1) is 16.5 Å². The fourth-order valence-electron chi connectivity index (χ4n) is 4.98. The predicted molar refractivity (Wildman–Crippen MR) is 159 cm³/mol. The van der Waals surface area contributed by atoms with E-state index in [0.717, 1.165) is 27.8 Å². The molecule has 1 aliphatic rings. The Morgan fingerprint density at radius 1 is 0.650 bits per heavy atom. The molecular weight excluding hydrogens is 540 g/mol. The zero-order valence-electron chi connectivity index (χ0n) is 22.6. The standard InChI is InChI=1S/C32H32N2O4S2/c1-24-13-17-29(18-14-24)39(35,36)33-21-28(22-34(23-33)40(37,38)30-19-15-25(2)16-20-30)26(3)31-11-7-8-12-32(31)27-9-5-4-6-10-27/h4-20,28H,3,21-23H2,1-2H3. The Balaban J connectivity index is 1.57. The summed E-state index contributed by atoms with van der Waals surface area (Å²) in [6.07, 6.45) is 0. The molecule has 0 radical (unpaired) electrons. The van der Waals surface area contributed by atoms with E-state index in [1.54, 1.807) is 48.5 Å². The second kappa shape index (κ2) is 11.1. The summed E-state index contributed by atoms with van der Waals surface area (Å²) in [6, 6.07) is 30.9. The third-order valence-electron chi connectivity index (χ3n) is 7.33. The fourth-order valence-corrected chi connectivity index (χ4v) is 7.95.